The second kappa shape index (κ2) is 6.49. The number of hydrogen-bond acceptors (Lipinski definition) is 3. The van der Waals surface area contributed by atoms with Gasteiger partial charge in [0.15, 0.2) is 0 Å². The first kappa shape index (κ1) is 13.7. The Labute approximate surface area is 123 Å². The number of anilines is 2. The Hall–Kier alpha value is -1.22. The SMILES string of the molecule is CN1CCN(c2cccc(NCC3CCCC3)c2)CC1. The van der Waals surface area contributed by atoms with Gasteiger partial charge in [0.25, 0.3) is 0 Å². The molecule has 1 aliphatic carbocycles. The lowest BCUT2D eigenvalue weighted by molar-refractivity contribution is 0.313. The fourth-order valence-corrected chi connectivity index (χ4v) is 3.35. The Kier molecular flexibility index (Phi) is 4.46. The first-order valence-electron chi connectivity index (χ1n) is 8.09. The second-order valence-electron chi connectivity index (χ2n) is 6.37. The van der Waals surface area contributed by atoms with E-state index in [1.807, 2.05) is 0 Å². The average molecular weight is 273 g/mol. The zero-order valence-corrected chi connectivity index (χ0v) is 12.6. The highest BCUT2D eigenvalue weighted by Gasteiger charge is 2.16. The molecule has 1 aromatic carbocycles. The molecular formula is C17H27N3. The van der Waals surface area contributed by atoms with E-state index in [-0.39, 0.29) is 0 Å². The van der Waals surface area contributed by atoms with Crippen LogP contribution in [-0.2, 0) is 0 Å². The highest BCUT2D eigenvalue weighted by molar-refractivity contribution is 5.58. The summed E-state index contributed by atoms with van der Waals surface area (Å²) in [5.74, 6) is 0.891. The molecule has 3 heteroatoms. The van der Waals surface area contributed by atoms with Crippen molar-refractivity contribution in [3.63, 3.8) is 0 Å². The normalized spacial score (nSPS) is 21.4. The van der Waals surface area contributed by atoms with E-state index in [0.29, 0.717) is 0 Å². The Bertz CT molecular complexity index is 418. The van der Waals surface area contributed by atoms with Crippen molar-refractivity contribution in [1.82, 2.24) is 4.90 Å². The smallest absolute Gasteiger partial charge is 0.0387 e. The second-order valence-corrected chi connectivity index (χ2v) is 6.37. The maximum absolute atomic E-state index is 3.64. The predicted molar refractivity (Wildman–Crippen MR) is 86.6 cm³/mol. The molecular weight excluding hydrogens is 246 g/mol. The van der Waals surface area contributed by atoms with Gasteiger partial charge in [-0.3, -0.25) is 0 Å². The molecule has 0 spiro atoms. The first-order chi connectivity index (χ1) is 9.81. The number of nitrogens with zero attached hydrogens (tertiary/aromatic N) is 2. The summed E-state index contributed by atoms with van der Waals surface area (Å²) >= 11 is 0. The number of hydrogen-bond donors (Lipinski definition) is 1. The van der Waals surface area contributed by atoms with Gasteiger partial charge in [-0.2, -0.15) is 0 Å². The summed E-state index contributed by atoms with van der Waals surface area (Å²) in [4.78, 5) is 4.90. The van der Waals surface area contributed by atoms with E-state index < -0.39 is 0 Å². The fourth-order valence-electron chi connectivity index (χ4n) is 3.35. The maximum Gasteiger partial charge on any atom is 0.0387 e. The predicted octanol–water partition coefficient (Wildman–Crippen LogP) is 3.04. The van der Waals surface area contributed by atoms with Crippen molar-refractivity contribution in [2.75, 3.05) is 50.0 Å². The number of rotatable bonds is 4. The summed E-state index contributed by atoms with van der Waals surface area (Å²) in [6.45, 7) is 5.76. The van der Waals surface area contributed by atoms with Crippen LogP contribution in [0, 0.1) is 5.92 Å². The average Bonchev–Trinajstić information content (AvgIpc) is 3.00. The van der Waals surface area contributed by atoms with Gasteiger partial charge in [0.2, 0.25) is 0 Å². The van der Waals surface area contributed by atoms with Crippen LogP contribution in [0.5, 0.6) is 0 Å². The van der Waals surface area contributed by atoms with Crippen LogP contribution >= 0.6 is 0 Å². The van der Waals surface area contributed by atoms with E-state index in [1.54, 1.807) is 0 Å². The van der Waals surface area contributed by atoms with Crippen LogP contribution in [0.3, 0.4) is 0 Å². The largest absolute Gasteiger partial charge is 0.385 e. The third-order valence-corrected chi connectivity index (χ3v) is 4.78. The van der Waals surface area contributed by atoms with Crippen LogP contribution in [0.2, 0.25) is 0 Å². The molecule has 3 rings (SSSR count). The van der Waals surface area contributed by atoms with E-state index in [2.05, 4.69) is 46.4 Å². The Morgan fingerprint density at radius 1 is 1.10 bits per heavy atom. The molecule has 2 fully saturated rings. The van der Waals surface area contributed by atoms with Crippen molar-refractivity contribution in [2.45, 2.75) is 25.7 Å². The van der Waals surface area contributed by atoms with Crippen molar-refractivity contribution >= 4 is 11.4 Å². The zero-order chi connectivity index (χ0) is 13.8. The third kappa shape index (κ3) is 3.45. The van der Waals surface area contributed by atoms with E-state index >= 15 is 0 Å². The summed E-state index contributed by atoms with van der Waals surface area (Å²) in [7, 11) is 2.21. The number of benzene rings is 1. The topological polar surface area (TPSA) is 18.5 Å². The molecule has 1 heterocycles. The van der Waals surface area contributed by atoms with E-state index in [1.165, 1.54) is 50.1 Å². The van der Waals surface area contributed by atoms with Crippen LogP contribution in [0.4, 0.5) is 11.4 Å². The summed E-state index contributed by atoms with van der Waals surface area (Å²) in [5.41, 5.74) is 2.66. The Morgan fingerprint density at radius 2 is 1.85 bits per heavy atom. The number of likely N-dealkylation sites (N-methyl/N-ethyl adjacent to an activating group) is 1. The van der Waals surface area contributed by atoms with Crippen LogP contribution < -0.4 is 10.2 Å². The first-order valence-corrected chi connectivity index (χ1v) is 8.09. The Balaban J connectivity index is 1.57. The van der Waals surface area contributed by atoms with Gasteiger partial charge in [0, 0.05) is 44.1 Å². The molecule has 1 N–H and O–H groups in total. The molecule has 20 heavy (non-hydrogen) atoms. The molecule has 3 nitrogen and oxygen atoms in total. The highest BCUT2D eigenvalue weighted by Crippen LogP contribution is 2.26. The molecule has 1 aliphatic heterocycles. The summed E-state index contributed by atoms with van der Waals surface area (Å²) < 4.78 is 0. The monoisotopic (exact) mass is 273 g/mol. The van der Waals surface area contributed by atoms with Crippen molar-refractivity contribution in [3.8, 4) is 0 Å². The molecule has 1 saturated heterocycles. The van der Waals surface area contributed by atoms with Crippen molar-refractivity contribution < 1.29 is 0 Å². The lowest BCUT2D eigenvalue weighted by Gasteiger charge is -2.34. The minimum atomic E-state index is 0.891. The minimum absolute atomic E-state index is 0.891. The lowest BCUT2D eigenvalue weighted by Crippen LogP contribution is -2.44. The molecule has 0 atom stereocenters. The fraction of sp³-hybridized carbons (Fsp3) is 0.647. The molecule has 2 aliphatic rings. The van der Waals surface area contributed by atoms with Gasteiger partial charge in [0.05, 0.1) is 0 Å². The standard InChI is InChI=1S/C17H27N3/c1-19-9-11-20(12-10-19)17-8-4-7-16(13-17)18-14-15-5-2-3-6-15/h4,7-8,13,15,18H,2-3,5-6,9-12,14H2,1H3. The van der Waals surface area contributed by atoms with Gasteiger partial charge >= 0.3 is 0 Å². The van der Waals surface area contributed by atoms with Gasteiger partial charge in [-0.05, 0) is 44.0 Å². The third-order valence-electron chi connectivity index (χ3n) is 4.78. The van der Waals surface area contributed by atoms with Crippen molar-refractivity contribution in [1.29, 1.82) is 0 Å². The maximum atomic E-state index is 3.64. The lowest BCUT2D eigenvalue weighted by atomic mass is 10.1. The van der Waals surface area contributed by atoms with Crippen molar-refractivity contribution in [3.05, 3.63) is 24.3 Å². The summed E-state index contributed by atoms with van der Waals surface area (Å²) in [6, 6.07) is 8.95. The van der Waals surface area contributed by atoms with Crippen LogP contribution in [0.1, 0.15) is 25.7 Å². The molecule has 0 aromatic heterocycles. The van der Waals surface area contributed by atoms with Crippen LogP contribution in [-0.4, -0.2) is 44.7 Å². The highest BCUT2D eigenvalue weighted by atomic mass is 15.2. The molecule has 0 radical (unpaired) electrons. The molecule has 0 unspecified atom stereocenters. The van der Waals surface area contributed by atoms with Crippen LogP contribution in [0.25, 0.3) is 0 Å². The summed E-state index contributed by atoms with van der Waals surface area (Å²) in [6.07, 6.45) is 5.66. The molecule has 110 valence electrons. The van der Waals surface area contributed by atoms with Crippen LogP contribution in [0.15, 0.2) is 24.3 Å². The van der Waals surface area contributed by atoms with Gasteiger partial charge < -0.3 is 15.1 Å². The van der Waals surface area contributed by atoms with E-state index in [0.717, 1.165) is 25.6 Å². The van der Waals surface area contributed by atoms with E-state index in [9.17, 15) is 0 Å². The van der Waals surface area contributed by atoms with Gasteiger partial charge in [-0.1, -0.05) is 18.9 Å². The summed E-state index contributed by atoms with van der Waals surface area (Å²) in [5, 5.41) is 3.64. The molecule has 0 amide bonds. The minimum Gasteiger partial charge on any atom is -0.385 e. The van der Waals surface area contributed by atoms with Gasteiger partial charge in [0.1, 0.15) is 0 Å². The van der Waals surface area contributed by atoms with Crippen molar-refractivity contribution in [2.24, 2.45) is 5.92 Å². The molecule has 1 aromatic rings. The zero-order valence-electron chi connectivity index (χ0n) is 12.6. The number of nitrogens with one attached hydrogen (secondary N) is 1. The molecule has 1 saturated carbocycles. The molecule has 0 bridgehead atoms. The Morgan fingerprint density at radius 3 is 2.60 bits per heavy atom. The van der Waals surface area contributed by atoms with Gasteiger partial charge in [-0.15, -0.1) is 0 Å². The quantitative estimate of drug-likeness (QED) is 0.909. The van der Waals surface area contributed by atoms with Gasteiger partial charge in [-0.25, -0.2) is 0 Å². The van der Waals surface area contributed by atoms with E-state index in [4.69, 9.17) is 0 Å². The number of piperazine rings is 1.